The molecule has 0 aromatic heterocycles. The van der Waals surface area contributed by atoms with E-state index in [-0.39, 0.29) is 35.5 Å². The Morgan fingerprint density at radius 3 is 2.40 bits per heavy atom. The molecule has 1 saturated carbocycles. The van der Waals surface area contributed by atoms with Gasteiger partial charge in [-0.3, -0.25) is 9.59 Å². The van der Waals surface area contributed by atoms with Crippen LogP contribution in [-0.2, 0) is 9.59 Å². The quantitative estimate of drug-likeness (QED) is 0.629. The molecule has 0 bridgehead atoms. The molecule has 1 aliphatic rings. The molecule has 0 heterocycles. The first-order chi connectivity index (χ1) is 14.4. The molecule has 0 atom stereocenters. The molecule has 0 saturated heterocycles. The van der Waals surface area contributed by atoms with Crippen molar-refractivity contribution in [3.8, 4) is 5.75 Å². The second kappa shape index (κ2) is 10.4. The van der Waals surface area contributed by atoms with Gasteiger partial charge in [-0.05, 0) is 37.8 Å². The second-order valence-corrected chi connectivity index (χ2v) is 8.25. The number of amides is 2. The minimum Gasteiger partial charge on any atom is -0.490 e. The highest BCUT2D eigenvalue weighted by Gasteiger charge is 2.24. The summed E-state index contributed by atoms with van der Waals surface area (Å²) in [5, 5.41) is 5.79. The molecule has 2 N–H and O–H groups in total. The number of halogens is 2. The van der Waals surface area contributed by atoms with Crippen LogP contribution in [-0.4, -0.2) is 29.7 Å². The molecule has 0 spiro atoms. The van der Waals surface area contributed by atoms with Gasteiger partial charge in [0.2, 0.25) is 11.8 Å². The van der Waals surface area contributed by atoms with E-state index in [0.29, 0.717) is 18.5 Å². The van der Waals surface area contributed by atoms with Crippen molar-refractivity contribution in [3.63, 3.8) is 0 Å². The Hall–Kier alpha value is -2.61. The van der Waals surface area contributed by atoms with E-state index in [2.05, 4.69) is 10.6 Å². The Morgan fingerprint density at radius 2 is 1.73 bits per heavy atom. The standard InChI is InChI=1S/C22H24F2N2O3S/c1-14(27)25-20-4-2-3-5-21(20)30-13-22(28)26-17-6-8-18(9-7-17)29-19-11-15(23)10-16(24)12-19/h2-5,10-12,17-18H,6-9,13H2,1H3,(H,25,27)(H,26,28). The predicted octanol–water partition coefficient (Wildman–Crippen LogP) is 4.52. The molecule has 2 aromatic rings. The topological polar surface area (TPSA) is 67.4 Å². The van der Waals surface area contributed by atoms with Crippen LogP contribution in [0.2, 0.25) is 0 Å². The zero-order chi connectivity index (χ0) is 21.5. The molecule has 0 aliphatic heterocycles. The molecule has 8 heteroatoms. The number of carbonyl (C=O) groups excluding carboxylic acids is 2. The molecule has 30 heavy (non-hydrogen) atoms. The first-order valence-electron chi connectivity index (χ1n) is 9.80. The number of hydrogen-bond donors (Lipinski definition) is 2. The molecule has 0 unspecified atom stereocenters. The van der Waals surface area contributed by atoms with Crippen molar-refractivity contribution >= 4 is 29.3 Å². The van der Waals surface area contributed by atoms with Crippen LogP contribution in [0.5, 0.6) is 5.75 Å². The molecule has 2 aromatic carbocycles. The van der Waals surface area contributed by atoms with E-state index in [1.165, 1.54) is 30.8 Å². The van der Waals surface area contributed by atoms with Crippen LogP contribution < -0.4 is 15.4 Å². The smallest absolute Gasteiger partial charge is 0.230 e. The minimum atomic E-state index is -0.663. The van der Waals surface area contributed by atoms with Gasteiger partial charge in [-0.1, -0.05) is 12.1 Å². The van der Waals surface area contributed by atoms with Crippen molar-refractivity contribution in [3.05, 3.63) is 54.1 Å². The van der Waals surface area contributed by atoms with Gasteiger partial charge in [0.1, 0.15) is 17.4 Å². The summed E-state index contributed by atoms with van der Waals surface area (Å²) < 4.78 is 32.2. The van der Waals surface area contributed by atoms with Crippen LogP contribution in [0.1, 0.15) is 32.6 Å². The molecule has 5 nitrogen and oxygen atoms in total. The number of para-hydroxylation sites is 1. The van der Waals surface area contributed by atoms with Gasteiger partial charge >= 0.3 is 0 Å². The SMILES string of the molecule is CC(=O)Nc1ccccc1SCC(=O)NC1CCC(Oc2cc(F)cc(F)c2)CC1. The monoisotopic (exact) mass is 434 g/mol. The molecule has 1 fully saturated rings. The predicted molar refractivity (Wildman–Crippen MR) is 113 cm³/mol. The number of benzene rings is 2. The van der Waals surface area contributed by atoms with Crippen molar-refractivity contribution in [1.82, 2.24) is 5.32 Å². The Kier molecular flexibility index (Phi) is 7.68. The second-order valence-electron chi connectivity index (χ2n) is 7.23. The van der Waals surface area contributed by atoms with Crippen molar-refractivity contribution < 1.29 is 23.1 Å². The molecule has 3 rings (SSSR count). The van der Waals surface area contributed by atoms with E-state index in [0.717, 1.165) is 23.8 Å². The zero-order valence-electron chi connectivity index (χ0n) is 16.6. The average Bonchev–Trinajstić information content (AvgIpc) is 2.68. The lowest BCUT2D eigenvalue weighted by Crippen LogP contribution is -2.40. The summed E-state index contributed by atoms with van der Waals surface area (Å²) in [6.07, 6.45) is 2.74. The molecular weight excluding hydrogens is 410 g/mol. The van der Waals surface area contributed by atoms with Crippen LogP contribution in [0, 0.1) is 11.6 Å². The normalized spacial score (nSPS) is 18.5. The van der Waals surface area contributed by atoms with Gasteiger partial charge < -0.3 is 15.4 Å². The van der Waals surface area contributed by atoms with Crippen LogP contribution in [0.3, 0.4) is 0 Å². The third-order valence-electron chi connectivity index (χ3n) is 4.73. The summed E-state index contributed by atoms with van der Waals surface area (Å²) in [5.74, 6) is -1.13. The fourth-order valence-corrected chi connectivity index (χ4v) is 4.23. The largest absolute Gasteiger partial charge is 0.490 e. The summed E-state index contributed by atoms with van der Waals surface area (Å²) in [5.41, 5.74) is 0.689. The van der Waals surface area contributed by atoms with E-state index < -0.39 is 11.6 Å². The van der Waals surface area contributed by atoms with Gasteiger partial charge in [0, 0.05) is 36.1 Å². The van der Waals surface area contributed by atoms with E-state index >= 15 is 0 Å². The van der Waals surface area contributed by atoms with Gasteiger partial charge in [0.25, 0.3) is 0 Å². The van der Waals surface area contributed by atoms with Crippen molar-refractivity contribution in [2.45, 2.75) is 49.6 Å². The van der Waals surface area contributed by atoms with Crippen molar-refractivity contribution in [2.24, 2.45) is 0 Å². The van der Waals surface area contributed by atoms with Gasteiger partial charge in [-0.15, -0.1) is 11.8 Å². The van der Waals surface area contributed by atoms with Crippen LogP contribution in [0.15, 0.2) is 47.4 Å². The molecule has 160 valence electrons. The molecular formula is C22H24F2N2O3S. The van der Waals surface area contributed by atoms with Gasteiger partial charge in [0.15, 0.2) is 0 Å². The van der Waals surface area contributed by atoms with Crippen LogP contribution in [0.25, 0.3) is 0 Å². The molecule has 2 amide bonds. The number of anilines is 1. The maximum absolute atomic E-state index is 13.3. The van der Waals surface area contributed by atoms with Gasteiger partial charge in [-0.2, -0.15) is 0 Å². The van der Waals surface area contributed by atoms with Crippen LogP contribution in [0.4, 0.5) is 14.5 Å². The lowest BCUT2D eigenvalue weighted by molar-refractivity contribution is -0.119. The summed E-state index contributed by atoms with van der Waals surface area (Å²) >= 11 is 1.37. The summed E-state index contributed by atoms with van der Waals surface area (Å²) in [6.45, 7) is 1.44. The van der Waals surface area contributed by atoms with Crippen molar-refractivity contribution in [2.75, 3.05) is 11.1 Å². The Bertz CT molecular complexity index is 881. The first-order valence-corrected chi connectivity index (χ1v) is 10.8. The molecule has 1 aliphatic carbocycles. The average molecular weight is 435 g/mol. The Balaban J connectivity index is 1.43. The number of hydrogen-bond acceptors (Lipinski definition) is 4. The fraction of sp³-hybridized carbons (Fsp3) is 0.364. The highest BCUT2D eigenvalue weighted by molar-refractivity contribution is 8.00. The Labute approximate surface area is 178 Å². The lowest BCUT2D eigenvalue weighted by Gasteiger charge is -2.29. The van der Waals surface area contributed by atoms with Crippen LogP contribution >= 0.6 is 11.8 Å². The summed E-state index contributed by atoms with van der Waals surface area (Å²) in [6, 6.07) is 10.6. The van der Waals surface area contributed by atoms with E-state index in [4.69, 9.17) is 4.74 Å². The van der Waals surface area contributed by atoms with E-state index in [9.17, 15) is 18.4 Å². The fourth-order valence-electron chi connectivity index (χ4n) is 3.41. The maximum Gasteiger partial charge on any atom is 0.230 e. The minimum absolute atomic E-state index is 0.0489. The van der Waals surface area contributed by atoms with Crippen molar-refractivity contribution in [1.29, 1.82) is 0 Å². The van der Waals surface area contributed by atoms with E-state index in [1.807, 2.05) is 18.2 Å². The highest BCUT2D eigenvalue weighted by Crippen LogP contribution is 2.28. The third kappa shape index (κ3) is 6.73. The van der Waals surface area contributed by atoms with E-state index in [1.54, 1.807) is 6.07 Å². The number of rotatable bonds is 7. The summed E-state index contributed by atoms with van der Waals surface area (Å²) in [4.78, 5) is 24.5. The first kappa shape index (κ1) is 22.1. The van der Waals surface area contributed by atoms with Gasteiger partial charge in [-0.25, -0.2) is 8.78 Å². The third-order valence-corrected chi connectivity index (χ3v) is 5.81. The number of thioether (sulfide) groups is 1. The van der Waals surface area contributed by atoms with Gasteiger partial charge in [0.05, 0.1) is 17.5 Å². The maximum atomic E-state index is 13.3. The molecule has 0 radical (unpaired) electrons. The number of ether oxygens (including phenoxy) is 1. The number of carbonyl (C=O) groups is 2. The summed E-state index contributed by atoms with van der Waals surface area (Å²) in [7, 11) is 0. The zero-order valence-corrected chi connectivity index (χ0v) is 17.4. The highest BCUT2D eigenvalue weighted by atomic mass is 32.2. The Morgan fingerprint density at radius 1 is 1.07 bits per heavy atom. The number of nitrogens with one attached hydrogen (secondary N) is 2. The lowest BCUT2D eigenvalue weighted by atomic mass is 9.93.